The molecular formula is C12H12BrNO2S. The molecule has 2 rings (SSSR count). The Morgan fingerprint density at radius 1 is 1.41 bits per heavy atom. The Morgan fingerprint density at radius 3 is 2.71 bits per heavy atom. The lowest BCUT2D eigenvalue weighted by molar-refractivity contribution is 0.102. The number of para-hydroxylation sites is 1. The topological polar surface area (TPSA) is 42.4 Å². The highest BCUT2D eigenvalue weighted by Gasteiger charge is 2.32. The summed E-state index contributed by atoms with van der Waals surface area (Å²) in [6.45, 7) is 1.74. The minimum Gasteiger partial charge on any atom is -0.496 e. The van der Waals surface area contributed by atoms with Crippen LogP contribution < -0.4 is 4.74 Å². The Balaban J connectivity index is 2.55. The molecule has 0 saturated heterocycles. The second-order valence-corrected chi connectivity index (χ2v) is 5.35. The van der Waals surface area contributed by atoms with Gasteiger partial charge in [0.25, 0.3) is 0 Å². The molecule has 0 aliphatic carbocycles. The molecule has 0 aliphatic heterocycles. The first-order valence-electron chi connectivity index (χ1n) is 5.02. The van der Waals surface area contributed by atoms with Crippen LogP contribution in [0.4, 0.5) is 0 Å². The molecule has 5 heteroatoms. The second kappa shape index (κ2) is 4.76. The van der Waals surface area contributed by atoms with Gasteiger partial charge in [0, 0.05) is 5.56 Å². The van der Waals surface area contributed by atoms with E-state index in [0.717, 1.165) is 10.4 Å². The molecular weight excluding hydrogens is 302 g/mol. The van der Waals surface area contributed by atoms with Gasteiger partial charge >= 0.3 is 0 Å². The van der Waals surface area contributed by atoms with E-state index in [9.17, 15) is 5.11 Å². The summed E-state index contributed by atoms with van der Waals surface area (Å²) in [6, 6.07) is 7.44. The quantitative estimate of drug-likeness (QED) is 0.946. The van der Waals surface area contributed by atoms with Crippen LogP contribution in [0, 0.1) is 0 Å². The fraction of sp³-hybridized carbons (Fsp3) is 0.250. The van der Waals surface area contributed by atoms with Gasteiger partial charge in [0.15, 0.2) is 0 Å². The number of ether oxygens (including phenoxy) is 1. The molecule has 1 aromatic heterocycles. The summed E-state index contributed by atoms with van der Waals surface area (Å²) in [6.07, 6.45) is 0. The Bertz CT molecular complexity index is 525. The molecule has 0 saturated carbocycles. The largest absolute Gasteiger partial charge is 0.496 e. The van der Waals surface area contributed by atoms with Crippen LogP contribution in [0.25, 0.3) is 0 Å². The summed E-state index contributed by atoms with van der Waals surface area (Å²) in [5.41, 5.74) is 1.31. The van der Waals surface area contributed by atoms with E-state index in [1.807, 2.05) is 24.3 Å². The van der Waals surface area contributed by atoms with Crippen molar-refractivity contribution in [3.8, 4) is 5.75 Å². The van der Waals surface area contributed by atoms with Crippen LogP contribution in [0.3, 0.4) is 0 Å². The van der Waals surface area contributed by atoms with E-state index in [-0.39, 0.29) is 0 Å². The van der Waals surface area contributed by atoms with Crippen LogP contribution >= 0.6 is 27.3 Å². The zero-order chi connectivity index (χ0) is 12.5. The molecule has 1 unspecified atom stereocenters. The van der Waals surface area contributed by atoms with Gasteiger partial charge in [0.1, 0.15) is 16.0 Å². The summed E-state index contributed by atoms with van der Waals surface area (Å²) >= 11 is 4.75. The highest BCUT2D eigenvalue weighted by Crippen LogP contribution is 2.40. The summed E-state index contributed by atoms with van der Waals surface area (Å²) in [5.74, 6) is 0.665. The molecule has 0 amide bonds. The SMILES string of the molecule is COc1ccccc1C(C)(O)c1scnc1Br. The minimum atomic E-state index is -1.12. The molecule has 1 aromatic carbocycles. The monoisotopic (exact) mass is 313 g/mol. The van der Waals surface area contributed by atoms with E-state index in [4.69, 9.17) is 4.74 Å². The predicted molar refractivity (Wildman–Crippen MR) is 71.5 cm³/mol. The van der Waals surface area contributed by atoms with E-state index in [0.29, 0.717) is 10.4 Å². The minimum absolute atomic E-state index is 0.665. The molecule has 0 bridgehead atoms. The van der Waals surface area contributed by atoms with Crippen molar-refractivity contribution in [1.82, 2.24) is 4.98 Å². The van der Waals surface area contributed by atoms with Crippen molar-refractivity contribution in [2.45, 2.75) is 12.5 Å². The molecule has 1 atom stereocenters. The second-order valence-electron chi connectivity index (χ2n) is 3.74. The normalized spacial score (nSPS) is 14.4. The maximum atomic E-state index is 10.7. The van der Waals surface area contributed by atoms with Crippen LogP contribution in [0.2, 0.25) is 0 Å². The van der Waals surface area contributed by atoms with Gasteiger partial charge < -0.3 is 9.84 Å². The van der Waals surface area contributed by atoms with Crippen LogP contribution in [-0.4, -0.2) is 17.2 Å². The summed E-state index contributed by atoms with van der Waals surface area (Å²) in [7, 11) is 1.59. The Hall–Kier alpha value is -0.910. The van der Waals surface area contributed by atoms with Crippen molar-refractivity contribution in [3.63, 3.8) is 0 Å². The van der Waals surface area contributed by atoms with Crippen molar-refractivity contribution in [2.75, 3.05) is 7.11 Å². The summed E-state index contributed by atoms with van der Waals surface area (Å²) in [5, 5.41) is 10.7. The Kier molecular flexibility index (Phi) is 3.51. The maximum absolute atomic E-state index is 10.7. The van der Waals surface area contributed by atoms with Crippen molar-refractivity contribution >= 4 is 27.3 Å². The van der Waals surface area contributed by atoms with Gasteiger partial charge in [0.05, 0.1) is 17.5 Å². The summed E-state index contributed by atoms with van der Waals surface area (Å²) in [4.78, 5) is 4.86. The number of benzene rings is 1. The van der Waals surface area contributed by atoms with Crippen LogP contribution in [0.15, 0.2) is 34.4 Å². The van der Waals surface area contributed by atoms with Crippen molar-refractivity contribution < 1.29 is 9.84 Å². The highest BCUT2D eigenvalue weighted by atomic mass is 79.9. The first-order chi connectivity index (χ1) is 8.07. The number of hydrogen-bond donors (Lipinski definition) is 1. The van der Waals surface area contributed by atoms with E-state index in [2.05, 4.69) is 20.9 Å². The van der Waals surface area contributed by atoms with E-state index < -0.39 is 5.60 Å². The van der Waals surface area contributed by atoms with Gasteiger partial charge in [-0.2, -0.15) is 0 Å². The number of nitrogens with zero attached hydrogens (tertiary/aromatic N) is 1. The third kappa shape index (κ3) is 2.22. The number of rotatable bonds is 3. The third-order valence-electron chi connectivity index (χ3n) is 2.60. The molecule has 90 valence electrons. The molecule has 2 aromatic rings. The smallest absolute Gasteiger partial charge is 0.127 e. The predicted octanol–water partition coefficient (Wildman–Crippen LogP) is 3.17. The number of aliphatic hydroxyl groups is 1. The fourth-order valence-corrected chi connectivity index (χ4v) is 3.37. The third-order valence-corrected chi connectivity index (χ3v) is 4.50. The zero-order valence-electron chi connectivity index (χ0n) is 9.48. The molecule has 1 heterocycles. The van der Waals surface area contributed by atoms with E-state index >= 15 is 0 Å². The average molecular weight is 314 g/mol. The molecule has 3 nitrogen and oxygen atoms in total. The zero-order valence-corrected chi connectivity index (χ0v) is 11.9. The lowest BCUT2D eigenvalue weighted by atomic mass is 9.94. The van der Waals surface area contributed by atoms with E-state index in [1.54, 1.807) is 19.5 Å². The Labute approximate surface area is 112 Å². The van der Waals surface area contributed by atoms with Crippen LogP contribution in [0.5, 0.6) is 5.75 Å². The van der Waals surface area contributed by atoms with Gasteiger partial charge in [0.2, 0.25) is 0 Å². The number of thiazole rings is 1. The lowest BCUT2D eigenvalue weighted by Gasteiger charge is -2.24. The molecule has 0 spiro atoms. The van der Waals surface area contributed by atoms with Gasteiger partial charge in [-0.05, 0) is 28.9 Å². The number of aromatic nitrogens is 1. The Morgan fingerprint density at radius 2 is 2.12 bits per heavy atom. The molecule has 0 aliphatic rings. The number of halogens is 1. The van der Waals surface area contributed by atoms with Crippen molar-refractivity contribution in [3.05, 3.63) is 44.8 Å². The van der Waals surface area contributed by atoms with Gasteiger partial charge in [-0.1, -0.05) is 18.2 Å². The standard InChI is InChI=1S/C12H12BrNO2S/c1-12(15,10-11(13)14-7-17-10)8-5-3-4-6-9(8)16-2/h3-7,15H,1-2H3. The average Bonchev–Trinajstić information content (AvgIpc) is 2.76. The number of methoxy groups -OCH3 is 1. The molecule has 1 N–H and O–H groups in total. The lowest BCUT2D eigenvalue weighted by Crippen LogP contribution is -2.22. The summed E-state index contributed by atoms with van der Waals surface area (Å²) < 4.78 is 5.94. The van der Waals surface area contributed by atoms with Crippen molar-refractivity contribution in [2.24, 2.45) is 0 Å². The van der Waals surface area contributed by atoms with Crippen molar-refractivity contribution in [1.29, 1.82) is 0 Å². The molecule has 0 radical (unpaired) electrons. The number of hydrogen-bond acceptors (Lipinski definition) is 4. The first-order valence-corrected chi connectivity index (χ1v) is 6.70. The highest BCUT2D eigenvalue weighted by molar-refractivity contribution is 9.10. The maximum Gasteiger partial charge on any atom is 0.127 e. The van der Waals surface area contributed by atoms with Gasteiger partial charge in [-0.25, -0.2) is 4.98 Å². The molecule has 17 heavy (non-hydrogen) atoms. The first kappa shape index (κ1) is 12.5. The van der Waals surface area contributed by atoms with Gasteiger partial charge in [-0.3, -0.25) is 0 Å². The van der Waals surface area contributed by atoms with Crippen LogP contribution in [0.1, 0.15) is 17.4 Å². The van der Waals surface area contributed by atoms with Gasteiger partial charge in [-0.15, -0.1) is 11.3 Å². The molecule has 0 fully saturated rings. The van der Waals surface area contributed by atoms with Crippen LogP contribution in [-0.2, 0) is 5.60 Å². The fourth-order valence-electron chi connectivity index (χ4n) is 1.72. The van der Waals surface area contributed by atoms with E-state index in [1.165, 1.54) is 11.3 Å².